The predicted octanol–water partition coefficient (Wildman–Crippen LogP) is 4.87. The van der Waals surface area contributed by atoms with Gasteiger partial charge in [0, 0.05) is 23.2 Å². The first-order valence-electron chi connectivity index (χ1n) is 10.2. The Morgan fingerprint density at radius 1 is 1.19 bits per heavy atom. The van der Waals surface area contributed by atoms with Crippen molar-refractivity contribution in [3.05, 3.63) is 58.2 Å². The van der Waals surface area contributed by atoms with Crippen molar-refractivity contribution in [3.8, 4) is 0 Å². The Balaban J connectivity index is 1.73. The van der Waals surface area contributed by atoms with Crippen LogP contribution in [0.15, 0.2) is 30.3 Å². The summed E-state index contributed by atoms with van der Waals surface area (Å²) in [5, 5.41) is 17.4. The van der Waals surface area contributed by atoms with E-state index in [4.69, 9.17) is 11.6 Å². The summed E-state index contributed by atoms with van der Waals surface area (Å²) in [4.78, 5) is 17.4. The second-order valence-electron chi connectivity index (χ2n) is 9.68. The van der Waals surface area contributed by atoms with Gasteiger partial charge in [0.2, 0.25) is 5.91 Å². The quantitative estimate of drug-likeness (QED) is 0.561. The number of carbonyl (C=O) groups excluding carboxylic acids is 1. The van der Waals surface area contributed by atoms with Gasteiger partial charge >= 0.3 is 0 Å². The van der Waals surface area contributed by atoms with E-state index in [1.165, 1.54) is 6.92 Å². The van der Waals surface area contributed by atoms with Gasteiger partial charge in [-0.05, 0) is 43.4 Å². The zero-order valence-electron chi connectivity index (χ0n) is 18.2. The molecule has 0 unspecified atom stereocenters. The second kappa shape index (κ2) is 8.36. The molecule has 1 aromatic carbocycles. The summed E-state index contributed by atoms with van der Waals surface area (Å²) in [5.74, 6) is -1.48. The van der Waals surface area contributed by atoms with Crippen molar-refractivity contribution in [3.63, 3.8) is 0 Å². The Morgan fingerprint density at radius 3 is 2.45 bits per heavy atom. The SMILES string of the molecule is CC(C)(C)CNc1cc(Cl)cc(C2(NC(=O)C[C@@](C)(O)c3ccc(F)cc3F)CC2)n1. The van der Waals surface area contributed by atoms with E-state index in [2.05, 4.69) is 36.4 Å². The highest BCUT2D eigenvalue weighted by molar-refractivity contribution is 6.30. The minimum atomic E-state index is -1.79. The van der Waals surface area contributed by atoms with E-state index in [9.17, 15) is 18.7 Å². The average molecular weight is 452 g/mol. The number of hydrogen-bond donors (Lipinski definition) is 3. The summed E-state index contributed by atoms with van der Waals surface area (Å²) in [6, 6.07) is 6.34. The summed E-state index contributed by atoms with van der Waals surface area (Å²) in [6.07, 6.45) is 0.975. The number of halogens is 3. The third-order valence-electron chi connectivity index (χ3n) is 5.23. The fourth-order valence-corrected chi connectivity index (χ4v) is 3.61. The molecule has 2 aromatic rings. The topological polar surface area (TPSA) is 74.2 Å². The zero-order chi connectivity index (χ0) is 23.0. The van der Waals surface area contributed by atoms with Crippen LogP contribution < -0.4 is 10.6 Å². The van der Waals surface area contributed by atoms with Crippen LogP contribution in [0.5, 0.6) is 0 Å². The first kappa shape index (κ1) is 23.4. The lowest BCUT2D eigenvalue weighted by molar-refractivity contribution is -0.127. The van der Waals surface area contributed by atoms with Crippen LogP contribution in [0, 0.1) is 17.0 Å². The molecular formula is C23H28ClF2N3O2. The van der Waals surface area contributed by atoms with Gasteiger partial charge < -0.3 is 15.7 Å². The molecule has 0 bridgehead atoms. The number of nitrogens with zero attached hydrogens (tertiary/aromatic N) is 1. The summed E-state index contributed by atoms with van der Waals surface area (Å²) in [6.45, 7) is 8.33. The first-order chi connectivity index (χ1) is 14.3. The van der Waals surface area contributed by atoms with Crippen molar-refractivity contribution in [1.82, 2.24) is 10.3 Å². The smallest absolute Gasteiger partial charge is 0.223 e. The Morgan fingerprint density at radius 2 is 1.87 bits per heavy atom. The maximum atomic E-state index is 14.1. The number of rotatable bonds is 7. The lowest BCUT2D eigenvalue weighted by Crippen LogP contribution is -2.39. The highest BCUT2D eigenvalue weighted by Crippen LogP contribution is 2.46. The third-order valence-corrected chi connectivity index (χ3v) is 5.44. The number of pyridine rings is 1. The van der Waals surface area contributed by atoms with E-state index in [-0.39, 0.29) is 17.4 Å². The van der Waals surface area contributed by atoms with Crippen LogP contribution in [0.3, 0.4) is 0 Å². The first-order valence-corrected chi connectivity index (χ1v) is 10.6. The molecule has 1 heterocycles. The predicted molar refractivity (Wildman–Crippen MR) is 117 cm³/mol. The van der Waals surface area contributed by atoms with Gasteiger partial charge in [0.25, 0.3) is 0 Å². The monoisotopic (exact) mass is 451 g/mol. The van der Waals surface area contributed by atoms with Crippen molar-refractivity contribution in [1.29, 1.82) is 0 Å². The van der Waals surface area contributed by atoms with Gasteiger partial charge in [0.15, 0.2) is 0 Å². The number of benzene rings is 1. The van der Waals surface area contributed by atoms with Crippen LogP contribution in [0.4, 0.5) is 14.6 Å². The second-order valence-corrected chi connectivity index (χ2v) is 10.1. The molecule has 1 amide bonds. The minimum absolute atomic E-state index is 0.0524. The molecule has 1 saturated carbocycles. The molecule has 0 spiro atoms. The molecule has 8 heteroatoms. The Labute approximate surface area is 186 Å². The Hall–Kier alpha value is -2.25. The fraction of sp³-hybridized carbons (Fsp3) is 0.478. The van der Waals surface area contributed by atoms with Crippen molar-refractivity contribution < 1.29 is 18.7 Å². The normalized spacial score (nSPS) is 17.0. The Bertz CT molecular complexity index is 985. The van der Waals surface area contributed by atoms with Crippen molar-refractivity contribution in [2.75, 3.05) is 11.9 Å². The van der Waals surface area contributed by atoms with E-state index in [1.54, 1.807) is 12.1 Å². The van der Waals surface area contributed by atoms with Gasteiger partial charge in [0.1, 0.15) is 17.5 Å². The van der Waals surface area contributed by atoms with E-state index < -0.39 is 28.7 Å². The largest absolute Gasteiger partial charge is 0.385 e. The van der Waals surface area contributed by atoms with E-state index in [0.717, 1.165) is 12.1 Å². The fourth-order valence-electron chi connectivity index (χ4n) is 3.40. The summed E-state index contributed by atoms with van der Waals surface area (Å²) in [7, 11) is 0. The summed E-state index contributed by atoms with van der Waals surface area (Å²) < 4.78 is 27.3. The highest BCUT2D eigenvalue weighted by atomic mass is 35.5. The van der Waals surface area contributed by atoms with Crippen LogP contribution in [0.1, 0.15) is 58.2 Å². The molecule has 1 fully saturated rings. The molecule has 0 radical (unpaired) electrons. The lowest BCUT2D eigenvalue weighted by atomic mass is 9.91. The third kappa shape index (κ3) is 5.92. The number of hydrogen-bond acceptors (Lipinski definition) is 4. The van der Waals surface area contributed by atoms with Crippen LogP contribution >= 0.6 is 11.6 Å². The summed E-state index contributed by atoms with van der Waals surface area (Å²) >= 11 is 6.28. The number of aromatic nitrogens is 1. The maximum absolute atomic E-state index is 14.1. The zero-order valence-corrected chi connectivity index (χ0v) is 18.9. The van der Waals surface area contributed by atoms with Crippen molar-refractivity contribution in [2.45, 2.75) is 58.1 Å². The summed E-state index contributed by atoms with van der Waals surface area (Å²) in [5.41, 5.74) is -1.91. The molecule has 1 aromatic heterocycles. The number of anilines is 1. The molecule has 31 heavy (non-hydrogen) atoms. The molecule has 1 aliphatic rings. The molecule has 3 rings (SSSR count). The highest BCUT2D eigenvalue weighted by Gasteiger charge is 2.48. The number of nitrogens with one attached hydrogen (secondary N) is 2. The lowest BCUT2D eigenvalue weighted by Gasteiger charge is -2.26. The maximum Gasteiger partial charge on any atom is 0.223 e. The van der Waals surface area contributed by atoms with Crippen LogP contribution in [-0.4, -0.2) is 22.5 Å². The van der Waals surface area contributed by atoms with Gasteiger partial charge in [-0.25, -0.2) is 13.8 Å². The van der Waals surface area contributed by atoms with Gasteiger partial charge in [-0.2, -0.15) is 0 Å². The Kier molecular flexibility index (Phi) is 6.31. The van der Waals surface area contributed by atoms with Gasteiger partial charge in [0.05, 0.1) is 23.3 Å². The van der Waals surface area contributed by atoms with Crippen molar-refractivity contribution >= 4 is 23.3 Å². The molecule has 5 nitrogen and oxygen atoms in total. The molecular weight excluding hydrogens is 424 g/mol. The van der Waals surface area contributed by atoms with Crippen LogP contribution in [0.25, 0.3) is 0 Å². The van der Waals surface area contributed by atoms with E-state index >= 15 is 0 Å². The molecule has 3 N–H and O–H groups in total. The van der Waals surface area contributed by atoms with Crippen molar-refractivity contribution in [2.24, 2.45) is 5.41 Å². The van der Waals surface area contributed by atoms with E-state index in [1.807, 2.05) is 0 Å². The molecule has 0 saturated heterocycles. The molecule has 1 atom stereocenters. The number of carbonyl (C=O) groups is 1. The van der Waals surface area contributed by atoms with Crippen LogP contribution in [0.2, 0.25) is 5.02 Å². The molecule has 0 aliphatic heterocycles. The minimum Gasteiger partial charge on any atom is -0.385 e. The van der Waals surface area contributed by atoms with Crippen LogP contribution in [-0.2, 0) is 15.9 Å². The van der Waals surface area contributed by atoms with E-state index in [0.29, 0.717) is 42.0 Å². The van der Waals surface area contributed by atoms with Gasteiger partial charge in [-0.3, -0.25) is 4.79 Å². The number of aliphatic hydroxyl groups is 1. The molecule has 1 aliphatic carbocycles. The molecule has 168 valence electrons. The standard InChI is InChI=1S/C23H28ClF2N3O2/c1-21(2,3)13-27-19-10-14(24)9-18(28-19)23(7-8-23)29-20(30)12-22(4,31)16-6-5-15(25)11-17(16)26/h5-6,9-11,31H,7-8,12-13H2,1-4H3,(H,27,28)(H,29,30)/t22-/m1/s1. The van der Waals surface area contributed by atoms with Gasteiger partial charge in [-0.15, -0.1) is 0 Å². The van der Waals surface area contributed by atoms with Gasteiger partial charge in [-0.1, -0.05) is 38.4 Å². The average Bonchev–Trinajstić information content (AvgIpc) is 3.38. The number of amides is 1.